The van der Waals surface area contributed by atoms with Crippen molar-refractivity contribution < 1.29 is 9.90 Å². The first-order chi connectivity index (χ1) is 6.02. The molecule has 0 heterocycles. The summed E-state index contributed by atoms with van der Waals surface area (Å²) < 4.78 is 0.627. The zero-order chi connectivity index (χ0) is 10.4. The number of thiocarbonyl (C=S) groups is 1. The predicted octanol–water partition coefficient (Wildman–Crippen LogP) is 0.485. The van der Waals surface area contributed by atoms with E-state index in [0.717, 1.165) is 24.9 Å². The summed E-state index contributed by atoms with van der Waals surface area (Å²) in [6.45, 7) is 7.17. The van der Waals surface area contributed by atoms with Crippen LogP contribution in [-0.2, 0) is 4.79 Å². The molecule has 0 unspecified atom stereocenters. The van der Waals surface area contributed by atoms with Crippen LogP contribution in [0.2, 0.25) is 0 Å². The van der Waals surface area contributed by atoms with Gasteiger partial charge in [-0.3, -0.25) is 0 Å². The molecule has 0 spiro atoms. The summed E-state index contributed by atoms with van der Waals surface area (Å²) in [4.78, 5) is 12.4. The minimum atomic E-state index is -1.07. The molecule has 0 aromatic heterocycles. The lowest BCUT2D eigenvalue weighted by molar-refractivity contribution is -0.304. The van der Waals surface area contributed by atoms with Crippen molar-refractivity contribution in [3.05, 3.63) is 0 Å². The molecule has 0 bridgehead atoms. The van der Waals surface area contributed by atoms with Gasteiger partial charge in [-0.05, 0) is 20.8 Å². The Hall–Kier alpha value is -0.290. The molecule has 0 fully saturated rings. The molecule has 0 amide bonds. The van der Waals surface area contributed by atoms with E-state index in [2.05, 4.69) is 0 Å². The monoisotopic (exact) mass is 220 g/mol. The van der Waals surface area contributed by atoms with Gasteiger partial charge in [-0.1, -0.05) is 24.0 Å². The maximum atomic E-state index is 10.4. The standard InChI is InChI=1S/C8H15NO2S2/c1-4-9(5-2)8(12)13-6(3)7(10)11/h6H,4-5H2,1-3H3,(H,10,11)/p-1/t6-/m1/s1. The highest BCUT2D eigenvalue weighted by Crippen LogP contribution is 2.15. The zero-order valence-corrected chi connectivity index (χ0v) is 9.70. The van der Waals surface area contributed by atoms with E-state index in [-0.39, 0.29) is 0 Å². The summed E-state index contributed by atoms with van der Waals surface area (Å²) >= 11 is 6.23. The Morgan fingerprint density at radius 1 is 1.54 bits per heavy atom. The van der Waals surface area contributed by atoms with E-state index in [1.165, 1.54) is 0 Å². The summed E-state index contributed by atoms with van der Waals surface area (Å²) in [6, 6.07) is 0. The zero-order valence-electron chi connectivity index (χ0n) is 8.07. The van der Waals surface area contributed by atoms with Crippen molar-refractivity contribution in [3.8, 4) is 0 Å². The van der Waals surface area contributed by atoms with Crippen LogP contribution in [0.5, 0.6) is 0 Å². The summed E-state index contributed by atoms with van der Waals surface area (Å²) in [5, 5.41) is 9.85. The fraction of sp³-hybridized carbons (Fsp3) is 0.750. The molecule has 1 atom stereocenters. The Balaban J connectivity index is 4.05. The number of carbonyl (C=O) groups excluding carboxylic acids is 1. The van der Waals surface area contributed by atoms with Crippen LogP contribution >= 0.6 is 24.0 Å². The number of hydrogen-bond donors (Lipinski definition) is 0. The van der Waals surface area contributed by atoms with Crippen LogP contribution in [0.25, 0.3) is 0 Å². The predicted molar refractivity (Wildman–Crippen MR) is 57.6 cm³/mol. The average Bonchev–Trinajstić information content (AvgIpc) is 2.06. The molecule has 0 N–H and O–H groups in total. The first-order valence-electron chi connectivity index (χ1n) is 4.19. The maximum absolute atomic E-state index is 10.4. The van der Waals surface area contributed by atoms with Gasteiger partial charge < -0.3 is 14.8 Å². The lowest BCUT2D eigenvalue weighted by Gasteiger charge is -2.23. The van der Waals surface area contributed by atoms with E-state index >= 15 is 0 Å². The van der Waals surface area contributed by atoms with E-state index in [1.54, 1.807) is 6.92 Å². The molecule has 0 aliphatic heterocycles. The van der Waals surface area contributed by atoms with Crippen LogP contribution in [0, 0.1) is 0 Å². The number of carboxylic acids is 1. The molecule has 0 radical (unpaired) electrons. The molecule has 13 heavy (non-hydrogen) atoms. The second-order valence-electron chi connectivity index (χ2n) is 2.52. The van der Waals surface area contributed by atoms with Crippen LogP contribution < -0.4 is 5.11 Å². The molecule has 0 aliphatic rings. The Labute approximate surface area is 88.5 Å². The molecule has 0 saturated heterocycles. The highest BCUT2D eigenvalue weighted by atomic mass is 32.2. The van der Waals surface area contributed by atoms with Crippen molar-refractivity contribution in [1.82, 2.24) is 4.90 Å². The SMILES string of the molecule is CCN(CC)C(=S)S[C@H](C)C(=O)[O-]. The van der Waals surface area contributed by atoms with Crippen LogP contribution in [0.4, 0.5) is 0 Å². The van der Waals surface area contributed by atoms with Crippen LogP contribution in [0.1, 0.15) is 20.8 Å². The van der Waals surface area contributed by atoms with Gasteiger partial charge in [0.05, 0.1) is 5.97 Å². The average molecular weight is 220 g/mol. The van der Waals surface area contributed by atoms with Crippen LogP contribution in [0.3, 0.4) is 0 Å². The van der Waals surface area contributed by atoms with Gasteiger partial charge in [-0.25, -0.2) is 0 Å². The third kappa shape index (κ3) is 4.47. The minimum absolute atomic E-state index is 0.576. The fourth-order valence-corrected chi connectivity index (χ4v) is 2.25. The third-order valence-corrected chi connectivity index (χ3v) is 3.18. The van der Waals surface area contributed by atoms with Crippen LogP contribution in [-0.4, -0.2) is 33.5 Å². The lowest BCUT2D eigenvalue weighted by atomic mass is 10.5. The van der Waals surface area contributed by atoms with Crippen molar-refractivity contribution in [3.63, 3.8) is 0 Å². The molecule has 5 heteroatoms. The van der Waals surface area contributed by atoms with Gasteiger partial charge in [0, 0.05) is 18.3 Å². The number of hydrogen-bond acceptors (Lipinski definition) is 4. The van der Waals surface area contributed by atoms with Gasteiger partial charge in [0.25, 0.3) is 0 Å². The van der Waals surface area contributed by atoms with E-state index in [1.807, 2.05) is 18.7 Å². The van der Waals surface area contributed by atoms with Crippen molar-refractivity contribution in [1.29, 1.82) is 0 Å². The van der Waals surface area contributed by atoms with Gasteiger partial charge in [0.15, 0.2) is 0 Å². The quantitative estimate of drug-likeness (QED) is 0.645. The lowest BCUT2D eigenvalue weighted by Crippen LogP contribution is -2.35. The smallest absolute Gasteiger partial charge is 0.136 e. The number of rotatable bonds is 4. The first-order valence-corrected chi connectivity index (χ1v) is 5.48. The van der Waals surface area contributed by atoms with Crippen molar-refractivity contribution in [2.75, 3.05) is 13.1 Å². The van der Waals surface area contributed by atoms with E-state index < -0.39 is 11.2 Å². The summed E-state index contributed by atoms with van der Waals surface area (Å²) in [5.74, 6) is -1.07. The van der Waals surface area contributed by atoms with Gasteiger partial charge in [-0.15, -0.1) is 0 Å². The molecule has 0 saturated carbocycles. The molecule has 76 valence electrons. The normalized spacial score (nSPS) is 12.2. The molecule has 0 aliphatic carbocycles. The molecule has 0 rings (SSSR count). The Morgan fingerprint density at radius 3 is 2.31 bits per heavy atom. The van der Waals surface area contributed by atoms with Crippen molar-refractivity contribution in [2.45, 2.75) is 26.0 Å². The second kappa shape index (κ2) is 6.21. The Morgan fingerprint density at radius 2 is 2.00 bits per heavy atom. The van der Waals surface area contributed by atoms with Gasteiger partial charge in [-0.2, -0.15) is 0 Å². The number of thioether (sulfide) groups is 1. The van der Waals surface area contributed by atoms with Crippen molar-refractivity contribution in [2.24, 2.45) is 0 Å². The highest BCUT2D eigenvalue weighted by Gasteiger charge is 2.11. The molecule has 0 aromatic rings. The topological polar surface area (TPSA) is 43.4 Å². The summed E-state index contributed by atoms with van der Waals surface area (Å²) in [5.41, 5.74) is 0. The summed E-state index contributed by atoms with van der Waals surface area (Å²) in [7, 11) is 0. The number of nitrogens with zero attached hydrogens (tertiary/aromatic N) is 1. The number of aliphatic carboxylic acids is 1. The largest absolute Gasteiger partial charge is 0.549 e. The first kappa shape index (κ1) is 12.7. The third-order valence-electron chi connectivity index (χ3n) is 1.63. The molecule has 0 aromatic carbocycles. The molecular weight excluding hydrogens is 206 g/mol. The Kier molecular flexibility index (Phi) is 6.07. The Bertz CT molecular complexity index is 193. The van der Waals surface area contributed by atoms with E-state index in [9.17, 15) is 9.90 Å². The van der Waals surface area contributed by atoms with E-state index in [0.29, 0.717) is 4.32 Å². The number of carboxylic acid groups (broad SMARTS) is 1. The van der Waals surface area contributed by atoms with Gasteiger partial charge in [0.2, 0.25) is 0 Å². The summed E-state index contributed by atoms with van der Waals surface area (Å²) in [6.07, 6.45) is 0. The highest BCUT2D eigenvalue weighted by molar-refractivity contribution is 8.23. The molecular formula is C8H14NO2S2-. The van der Waals surface area contributed by atoms with Crippen molar-refractivity contribution >= 4 is 34.3 Å². The van der Waals surface area contributed by atoms with Crippen LogP contribution in [0.15, 0.2) is 0 Å². The van der Waals surface area contributed by atoms with Gasteiger partial charge in [0.1, 0.15) is 4.32 Å². The minimum Gasteiger partial charge on any atom is -0.549 e. The fourth-order valence-electron chi connectivity index (χ4n) is 0.756. The maximum Gasteiger partial charge on any atom is 0.136 e. The van der Waals surface area contributed by atoms with E-state index in [4.69, 9.17) is 12.2 Å². The second-order valence-corrected chi connectivity index (χ2v) is 4.49. The van der Waals surface area contributed by atoms with Gasteiger partial charge >= 0.3 is 0 Å². The number of carbonyl (C=O) groups is 1. The molecule has 3 nitrogen and oxygen atoms in total.